The number of nitrogens with one attached hydrogen (secondary N) is 1. The van der Waals surface area contributed by atoms with Crippen molar-refractivity contribution >= 4 is 45.6 Å². The van der Waals surface area contributed by atoms with Crippen molar-refractivity contribution in [3.8, 4) is 28.3 Å². The van der Waals surface area contributed by atoms with Gasteiger partial charge in [-0.1, -0.05) is 23.2 Å². The van der Waals surface area contributed by atoms with E-state index < -0.39 is 0 Å². The number of thiazole rings is 1. The van der Waals surface area contributed by atoms with Gasteiger partial charge in [0.2, 0.25) is 0 Å². The Bertz CT molecular complexity index is 1330. The molecule has 0 saturated heterocycles. The van der Waals surface area contributed by atoms with Crippen LogP contribution < -0.4 is 27.0 Å². The number of imidazole rings is 1. The number of nitrogens with zero attached hydrogens (tertiary/aromatic N) is 3. The SMILES string of the molecule is COc1ccc(-c2csc(NC(=O)C[n+]3cc(-c4ccc(Cl)c(Cl)c4)n4c3CCC4)n2)cc1.[Cl-]. The molecule has 1 N–H and O–H groups in total. The molecule has 0 spiro atoms. The maximum atomic E-state index is 12.8. The largest absolute Gasteiger partial charge is 1.00 e. The summed E-state index contributed by atoms with van der Waals surface area (Å²) in [7, 11) is 1.64. The third kappa shape index (κ3) is 4.93. The van der Waals surface area contributed by atoms with E-state index in [1.807, 2.05) is 52.5 Å². The molecule has 0 bridgehead atoms. The Morgan fingerprint density at radius 3 is 2.68 bits per heavy atom. The molecule has 0 atom stereocenters. The van der Waals surface area contributed by atoms with Crippen LogP contribution in [0.5, 0.6) is 5.75 Å². The first-order valence-corrected chi connectivity index (χ1v) is 12.1. The number of carbonyl (C=O) groups excluding carboxylic acids is 1. The Hall–Kier alpha value is -2.58. The maximum Gasteiger partial charge on any atom is 0.268 e. The number of halogens is 3. The van der Waals surface area contributed by atoms with Crippen molar-refractivity contribution in [1.82, 2.24) is 9.55 Å². The van der Waals surface area contributed by atoms with E-state index in [-0.39, 0.29) is 24.9 Å². The predicted molar refractivity (Wildman–Crippen MR) is 131 cm³/mol. The zero-order chi connectivity index (χ0) is 22.9. The van der Waals surface area contributed by atoms with Gasteiger partial charge in [0.25, 0.3) is 11.7 Å². The number of methoxy groups -OCH3 is 1. The topological polar surface area (TPSA) is 60.0 Å². The van der Waals surface area contributed by atoms with E-state index in [1.165, 1.54) is 11.3 Å². The molecule has 34 heavy (non-hydrogen) atoms. The zero-order valence-corrected chi connectivity index (χ0v) is 21.3. The second-order valence-corrected chi connectivity index (χ2v) is 9.43. The van der Waals surface area contributed by atoms with Gasteiger partial charge in [0, 0.05) is 16.5 Å². The van der Waals surface area contributed by atoms with Crippen molar-refractivity contribution in [3.05, 3.63) is 69.9 Å². The minimum Gasteiger partial charge on any atom is -1.00 e. The number of ether oxygens (including phenoxy) is 1. The van der Waals surface area contributed by atoms with Crippen molar-refractivity contribution in [2.75, 3.05) is 12.4 Å². The van der Waals surface area contributed by atoms with Gasteiger partial charge < -0.3 is 17.1 Å². The average molecular weight is 536 g/mol. The molecule has 176 valence electrons. The van der Waals surface area contributed by atoms with E-state index in [0.717, 1.165) is 53.5 Å². The lowest BCUT2D eigenvalue weighted by atomic mass is 10.1. The van der Waals surface area contributed by atoms with Crippen LogP contribution in [0.15, 0.2) is 54.0 Å². The molecule has 4 aromatic rings. The van der Waals surface area contributed by atoms with Crippen LogP contribution in [0.4, 0.5) is 5.13 Å². The van der Waals surface area contributed by atoms with Crippen LogP contribution in [0.3, 0.4) is 0 Å². The van der Waals surface area contributed by atoms with Crippen LogP contribution in [-0.4, -0.2) is 22.6 Å². The minimum atomic E-state index is -0.114. The first-order valence-electron chi connectivity index (χ1n) is 10.5. The second-order valence-electron chi connectivity index (χ2n) is 7.76. The minimum absolute atomic E-state index is 0. The molecule has 0 saturated carbocycles. The molecule has 3 heterocycles. The molecule has 0 aliphatic carbocycles. The summed E-state index contributed by atoms with van der Waals surface area (Å²) < 4.78 is 9.46. The summed E-state index contributed by atoms with van der Waals surface area (Å²) in [4.78, 5) is 17.4. The molecular formula is C24H21Cl3N4O2S. The standard InChI is InChI=1S/C24H20Cl2N4O2S.ClH/c1-32-17-7-4-15(5-8-17)20-14-33-24(27-20)28-22(31)13-29-12-21(30-10-2-3-23(29)30)16-6-9-18(25)19(26)11-16;/h4-9,11-12,14H,2-3,10,13H2,1H3;1H. The van der Waals surface area contributed by atoms with Crippen molar-refractivity contribution in [2.45, 2.75) is 25.9 Å². The molecule has 1 aliphatic rings. The Morgan fingerprint density at radius 2 is 1.94 bits per heavy atom. The number of benzene rings is 2. The third-order valence-electron chi connectivity index (χ3n) is 5.66. The summed E-state index contributed by atoms with van der Waals surface area (Å²) in [6.07, 6.45) is 3.98. The summed E-state index contributed by atoms with van der Waals surface area (Å²) in [6, 6.07) is 13.3. The number of hydrogen-bond acceptors (Lipinski definition) is 4. The van der Waals surface area contributed by atoms with Crippen LogP contribution >= 0.6 is 34.5 Å². The fraction of sp³-hybridized carbons (Fsp3) is 0.208. The summed E-state index contributed by atoms with van der Waals surface area (Å²) in [5, 5.41) is 6.49. The quantitative estimate of drug-likeness (QED) is 0.386. The molecule has 10 heteroatoms. The normalized spacial score (nSPS) is 12.2. The van der Waals surface area contributed by atoms with Gasteiger partial charge in [0.15, 0.2) is 17.4 Å². The van der Waals surface area contributed by atoms with Crippen LogP contribution in [-0.2, 0) is 24.3 Å². The smallest absolute Gasteiger partial charge is 0.268 e. The van der Waals surface area contributed by atoms with Gasteiger partial charge >= 0.3 is 0 Å². The van der Waals surface area contributed by atoms with Gasteiger partial charge in [-0.3, -0.25) is 10.1 Å². The van der Waals surface area contributed by atoms with Gasteiger partial charge in [-0.15, -0.1) is 11.3 Å². The van der Waals surface area contributed by atoms with Crippen molar-refractivity contribution in [2.24, 2.45) is 0 Å². The fourth-order valence-corrected chi connectivity index (χ4v) is 5.10. The van der Waals surface area contributed by atoms with Crippen LogP contribution in [0, 0.1) is 0 Å². The fourth-order valence-electron chi connectivity index (χ4n) is 4.07. The first-order chi connectivity index (χ1) is 16.0. The molecule has 5 rings (SSSR count). The van der Waals surface area contributed by atoms with E-state index in [0.29, 0.717) is 15.2 Å². The highest BCUT2D eigenvalue weighted by Gasteiger charge is 2.30. The lowest BCUT2D eigenvalue weighted by Gasteiger charge is -2.01. The highest BCUT2D eigenvalue weighted by Crippen LogP contribution is 2.31. The summed E-state index contributed by atoms with van der Waals surface area (Å²) in [5.41, 5.74) is 3.80. The highest BCUT2D eigenvalue weighted by atomic mass is 35.5. The predicted octanol–water partition coefficient (Wildman–Crippen LogP) is 2.47. The lowest BCUT2D eigenvalue weighted by Crippen LogP contribution is -3.00. The van der Waals surface area contributed by atoms with Crippen LogP contribution in [0.25, 0.3) is 22.5 Å². The zero-order valence-electron chi connectivity index (χ0n) is 18.2. The molecule has 2 aromatic carbocycles. The summed E-state index contributed by atoms with van der Waals surface area (Å²) >= 11 is 13.7. The molecule has 1 amide bonds. The maximum absolute atomic E-state index is 12.8. The number of hydrogen-bond donors (Lipinski definition) is 1. The number of fused-ring (bicyclic) bond motifs is 1. The van der Waals surface area contributed by atoms with E-state index in [9.17, 15) is 4.79 Å². The molecule has 2 aromatic heterocycles. The van der Waals surface area contributed by atoms with Crippen LogP contribution in [0.2, 0.25) is 10.0 Å². The van der Waals surface area contributed by atoms with E-state index in [1.54, 1.807) is 13.2 Å². The Labute approximate surface area is 217 Å². The summed E-state index contributed by atoms with van der Waals surface area (Å²) in [6.45, 7) is 1.13. The number of aromatic nitrogens is 3. The van der Waals surface area contributed by atoms with Crippen molar-refractivity contribution in [1.29, 1.82) is 0 Å². The first kappa shape index (κ1) is 24.5. The van der Waals surface area contributed by atoms with Crippen molar-refractivity contribution < 1.29 is 26.5 Å². The molecule has 0 radical (unpaired) electrons. The Kier molecular flexibility index (Phi) is 7.48. The monoisotopic (exact) mass is 534 g/mol. The summed E-state index contributed by atoms with van der Waals surface area (Å²) in [5.74, 6) is 1.81. The number of carbonyl (C=O) groups is 1. The van der Waals surface area contributed by atoms with Gasteiger partial charge in [-0.25, -0.2) is 14.1 Å². The molecule has 6 nitrogen and oxygen atoms in total. The highest BCUT2D eigenvalue weighted by molar-refractivity contribution is 7.14. The molecule has 0 fully saturated rings. The van der Waals surface area contributed by atoms with Gasteiger partial charge in [-0.05, 0) is 48.9 Å². The van der Waals surface area contributed by atoms with Gasteiger partial charge in [0.05, 0.1) is 35.8 Å². The third-order valence-corrected chi connectivity index (χ3v) is 7.16. The molecule has 1 aliphatic heterocycles. The number of rotatable bonds is 6. The number of amides is 1. The van der Waals surface area contributed by atoms with Gasteiger partial charge in [-0.2, -0.15) is 0 Å². The van der Waals surface area contributed by atoms with E-state index in [4.69, 9.17) is 27.9 Å². The number of anilines is 1. The van der Waals surface area contributed by atoms with Crippen LogP contribution in [0.1, 0.15) is 12.2 Å². The van der Waals surface area contributed by atoms with E-state index in [2.05, 4.69) is 14.9 Å². The van der Waals surface area contributed by atoms with Crippen molar-refractivity contribution in [3.63, 3.8) is 0 Å². The van der Waals surface area contributed by atoms with Gasteiger partial charge in [0.1, 0.15) is 11.9 Å². The molecular weight excluding hydrogens is 515 g/mol. The second kappa shape index (κ2) is 10.4. The van der Waals surface area contributed by atoms with E-state index >= 15 is 0 Å². The lowest BCUT2D eigenvalue weighted by molar-refractivity contribution is -0.690. The molecule has 0 unspecified atom stereocenters. The Morgan fingerprint density at radius 1 is 1.18 bits per heavy atom. The average Bonchev–Trinajstić information content (AvgIpc) is 3.54. The Balaban J connectivity index is 0.00000274.